The maximum atomic E-state index is 4.52. The molecule has 1 N–H and O–H groups in total. The third kappa shape index (κ3) is 3.44. The second-order valence-corrected chi connectivity index (χ2v) is 4.41. The number of hydrogen-bond acceptors (Lipinski definition) is 4. The lowest BCUT2D eigenvalue weighted by molar-refractivity contribution is 0.805. The van der Waals surface area contributed by atoms with E-state index in [-0.39, 0.29) is 0 Å². The van der Waals surface area contributed by atoms with E-state index in [0.717, 1.165) is 30.5 Å². The molecule has 0 aliphatic heterocycles. The van der Waals surface area contributed by atoms with E-state index >= 15 is 0 Å². The highest BCUT2D eigenvalue weighted by Gasteiger charge is 2.09. The van der Waals surface area contributed by atoms with E-state index in [1.165, 1.54) is 5.56 Å². The molecule has 1 heterocycles. The third-order valence-corrected chi connectivity index (χ3v) is 3.00. The van der Waals surface area contributed by atoms with Crippen LogP contribution in [0.1, 0.15) is 18.3 Å². The van der Waals surface area contributed by atoms with Gasteiger partial charge in [0.05, 0.1) is 0 Å². The lowest BCUT2D eigenvalue weighted by Gasteiger charge is -2.22. The highest BCUT2D eigenvalue weighted by Crippen LogP contribution is 2.17. The summed E-state index contributed by atoms with van der Waals surface area (Å²) in [5.74, 6) is 2.60. The van der Waals surface area contributed by atoms with Gasteiger partial charge in [-0.15, -0.1) is 0 Å². The van der Waals surface area contributed by atoms with Gasteiger partial charge in [0, 0.05) is 26.2 Å². The van der Waals surface area contributed by atoms with E-state index in [1.807, 2.05) is 26.1 Å². The van der Waals surface area contributed by atoms with Gasteiger partial charge in [0.1, 0.15) is 17.5 Å². The molecular weight excluding hydrogens is 236 g/mol. The van der Waals surface area contributed by atoms with Gasteiger partial charge in [-0.2, -0.15) is 0 Å². The summed E-state index contributed by atoms with van der Waals surface area (Å²) in [4.78, 5) is 11.1. The van der Waals surface area contributed by atoms with Crippen molar-refractivity contribution in [1.82, 2.24) is 9.97 Å². The van der Waals surface area contributed by atoms with Crippen LogP contribution in [0.4, 0.5) is 11.6 Å². The van der Waals surface area contributed by atoms with Gasteiger partial charge in [0.25, 0.3) is 0 Å². The van der Waals surface area contributed by atoms with E-state index in [4.69, 9.17) is 0 Å². The van der Waals surface area contributed by atoms with Gasteiger partial charge in [0.2, 0.25) is 0 Å². The van der Waals surface area contributed by atoms with Crippen LogP contribution in [0.5, 0.6) is 0 Å². The summed E-state index contributed by atoms with van der Waals surface area (Å²) < 4.78 is 0. The molecule has 0 saturated carbocycles. The molecular formula is C15H20N4. The molecule has 0 amide bonds. The predicted molar refractivity (Wildman–Crippen MR) is 79.5 cm³/mol. The molecule has 2 aromatic rings. The fourth-order valence-electron chi connectivity index (χ4n) is 2.00. The van der Waals surface area contributed by atoms with Crippen LogP contribution >= 0.6 is 0 Å². The number of hydrogen-bond donors (Lipinski definition) is 1. The van der Waals surface area contributed by atoms with Crippen molar-refractivity contribution in [1.29, 1.82) is 0 Å². The average molecular weight is 256 g/mol. The molecule has 1 aromatic carbocycles. The van der Waals surface area contributed by atoms with Crippen molar-refractivity contribution in [2.45, 2.75) is 20.4 Å². The molecule has 0 spiro atoms. The van der Waals surface area contributed by atoms with E-state index in [1.54, 1.807) is 0 Å². The van der Waals surface area contributed by atoms with Crippen molar-refractivity contribution in [2.24, 2.45) is 0 Å². The summed E-state index contributed by atoms with van der Waals surface area (Å²) in [7, 11) is 1.87. The Morgan fingerprint density at radius 2 is 1.89 bits per heavy atom. The lowest BCUT2D eigenvalue weighted by Crippen LogP contribution is -2.23. The summed E-state index contributed by atoms with van der Waals surface area (Å²) in [6.45, 7) is 5.82. The van der Waals surface area contributed by atoms with E-state index in [9.17, 15) is 0 Å². The van der Waals surface area contributed by atoms with Gasteiger partial charge in [-0.3, -0.25) is 0 Å². The number of aromatic nitrogens is 2. The van der Waals surface area contributed by atoms with Crippen molar-refractivity contribution in [3.05, 3.63) is 47.8 Å². The summed E-state index contributed by atoms with van der Waals surface area (Å²) in [6.07, 6.45) is 0. The zero-order chi connectivity index (χ0) is 13.7. The first-order valence-electron chi connectivity index (χ1n) is 6.55. The first kappa shape index (κ1) is 13.3. The molecule has 0 unspecified atom stereocenters. The average Bonchev–Trinajstić information content (AvgIpc) is 2.45. The number of nitrogens with zero attached hydrogens (tertiary/aromatic N) is 3. The molecule has 0 fully saturated rings. The highest BCUT2D eigenvalue weighted by molar-refractivity contribution is 5.49. The predicted octanol–water partition coefficient (Wildman–Crippen LogP) is 2.85. The highest BCUT2D eigenvalue weighted by atomic mass is 15.2. The van der Waals surface area contributed by atoms with Crippen LogP contribution in [0, 0.1) is 6.92 Å². The fourth-order valence-corrected chi connectivity index (χ4v) is 2.00. The van der Waals surface area contributed by atoms with Crippen molar-refractivity contribution >= 4 is 11.6 Å². The molecule has 0 bridgehead atoms. The normalized spacial score (nSPS) is 10.3. The van der Waals surface area contributed by atoms with Crippen molar-refractivity contribution in [2.75, 3.05) is 23.8 Å². The first-order chi connectivity index (χ1) is 9.22. The smallest absolute Gasteiger partial charge is 0.134 e. The molecule has 1 aromatic heterocycles. The Hall–Kier alpha value is -2.10. The minimum Gasteiger partial charge on any atom is -0.373 e. The molecule has 4 heteroatoms. The van der Waals surface area contributed by atoms with Gasteiger partial charge in [-0.1, -0.05) is 30.3 Å². The number of aryl methyl sites for hydroxylation is 1. The van der Waals surface area contributed by atoms with E-state index in [2.05, 4.69) is 51.4 Å². The molecule has 100 valence electrons. The zero-order valence-electron chi connectivity index (χ0n) is 11.7. The monoisotopic (exact) mass is 256 g/mol. The van der Waals surface area contributed by atoms with Crippen LogP contribution in [0.3, 0.4) is 0 Å². The van der Waals surface area contributed by atoms with Crippen molar-refractivity contribution < 1.29 is 0 Å². The molecule has 2 rings (SSSR count). The van der Waals surface area contributed by atoms with Gasteiger partial charge >= 0.3 is 0 Å². The summed E-state index contributed by atoms with van der Waals surface area (Å²) in [5.41, 5.74) is 1.28. The topological polar surface area (TPSA) is 41.0 Å². The number of nitrogens with one attached hydrogen (secondary N) is 1. The van der Waals surface area contributed by atoms with Gasteiger partial charge < -0.3 is 10.2 Å². The molecule has 0 atom stereocenters. The second kappa shape index (κ2) is 6.18. The Morgan fingerprint density at radius 1 is 1.16 bits per heavy atom. The number of benzene rings is 1. The molecule has 0 saturated heterocycles. The molecule has 4 nitrogen and oxygen atoms in total. The Labute approximate surface area is 114 Å². The van der Waals surface area contributed by atoms with E-state index in [0.29, 0.717) is 0 Å². The molecule has 19 heavy (non-hydrogen) atoms. The lowest BCUT2D eigenvalue weighted by atomic mass is 10.2. The van der Waals surface area contributed by atoms with Crippen LogP contribution in [-0.4, -0.2) is 23.6 Å². The fraction of sp³-hybridized carbons (Fsp3) is 0.333. The maximum Gasteiger partial charge on any atom is 0.134 e. The first-order valence-corrected chi connectivity index (χ1v) is 6.55. The minimum atomic E-state index is 0.786. The molecule has 0 aliphatic rings. The summed E-state index contributed by atoms with van der Waals surface area (Å²) >= 11 is 0. The second-order valence-electron chi connectivity index (χ2n) is 4.41. The van der Waals surface area contributed by atoms with Gasteiger partial charge in [-0.25, -0.2) is 9.97 Å². The maximum absolute atomic E-state index is 4.52. The summed E-state index contributed by atoms with van der Waals surface area (Å²) in [6, 6.07) is 12.4. The Bertz CT molecular complexity index is 525. The summed E-state index contributed by atoms with van der Waals surface area (Å²) in [5, 5.41) is 3.07. The van der Waals surface area contributed by atoms with Crippen molar-refractivity contribution in [3.63, 3.8) is 0 Å². The minimum absolute atomic E-state index is 0.786. The zero-order valence-corrected chi connectivity index (χ0v) is 11.7. The number of anilines is 2. The quantitative estimate of drug-likeness (QED) is 0.893. The van der Waals surface area contributed by atoms with Crippen LogP contribution in [0.25, 0.3) is 0 Å². The standard InChI is InChI=1S/C15H20N4/c1-4-19(11-13-8-6-5-7-9-13)15-10-14(16-3)17-12(2)18-15/h5-10H,4,11H2,1-3H3,(H,16,17,18). The largest absolute Gasteiger partial charge is 0.373 e. The van der Waals surface area contributed by atoms with Crippen LogP contribution < -0.4 is 10.2 Å². The van der Waals surface area contributed by atoms with Crippen LogP contribution in [-0.2, 0) is 6.54 Å². The van der Waals surface area contributed by atoms with Gasteiger partial charge in [-0.05, 0) is 19.4 Å². The number of rotatable bonds is 5. The molecule has 0 aliphatic carbocycles. The van der Waals surface area contributed by atoms with Gasteiger partial charge in [0.15, 0.2) is 0 Å². The van der Waals surface area contributed by atoms with Crippen molar-refractivity contribution in [3.8, 4) is 0 Å². The van der Waals surface area contributed by atoms with E-state index < -0.39 is 0 Å². The molecule has 0 radical (unpaired) electrons. The third-order valence-electron chi connectivity index (χ3n) is 3.00. The van der Waals surface area contributed by atoms with Crippen LogP contribution in [0.2, 0.25) is 0 Å². The Morgan fingerprint density at radius 3 is 2.53 bits per heavy atom. The Kier molecular flexibility index (Phi) is 4.34. The Balaban J connectivity index is 2.24. The van der Waals surface area contributed by atoms with Crippen LogP contribution in [0.15, 0.2) is 36.4 Å². The SMILES string of the molecule is CCN(Cc1ccccc1)c1cc(NC)nc(C)n1.